The molecule has 2 atom stereocenters. The van der Waals surface area contributed by atoms with Gasteiger partial charge < -0.3 is 25.4 Å². The maximum atomic E-state index is 14.5. The van der Waals surface area contributed by atoms with E-state index < -0.39 is 23.8 Å². The van der Waals surface area contributed by atoms with E-state index >= 15 is 0 Å². The van der Waals surface area contributed by atoms with Crippen molar-refractivity contribution in [2.45, 2.75) is 103 Å². The van der Waals surface area contributed by atoms with E-state index in [1.54, 1.807) is 49.9 Å². The van der Waals surface area contributed by atoms with Gasteiger partial charge in [-0.2, -0.15) is 0 Å². The van der Waals surface area contributed by atoms with Crippen LogP contribution in [0.15, 0.2) is 48.5 Å². The number of ether oxygens (including phenoxy) is 1. The summed E-state index contributed by atoms with van der Waals surface area (Å²) in [5.74, 6) is -0.441. The Morgan fingerprint density at radius 3 is 2.35 bits per heavy atom. The van der Waals surface area contributed by atoms with Gasteiger partial charge in [-0.05, 0) is 76.6 Å². The molecular weight excluding hydrogens is 506 g/mol. The maximum Gasteiger partial charge on any atom is 0.408 e. The number of phenols is 1. The molecule has 8 heteroatoms. The first-order valence-corrected chi connectivity index (χ1v) is 14.4. The Morgan fingerprint density at radius 1 is 1.07 bits per heavy atom. The SMILES string of the molecule is CCCCCNC(=O)C(c1cccc(C)c1)N(C(=O)C(Cc1ccc(O)cc1)NC(=O)OC(C)(C)C)C1CCC1. The van der Waals surface area contributed by atoms with Crippen LogP contribution in [-0.4, -0.2) is 52.1 Å². The number of unbranched alkanes of at least 4 members (excludes halogenated alkanes) is 2. The van der Waals surface area contributed by atoms with Crippen molar-refractivity contribution in [2.24, 2.45) is 0 Å². The van der Waals surface area contributed by atoms with E-state index in [2.05, 4.69) is 17.6 Å². The quantitative estimate of drug-likeness (QED) is 0.299. The van der Waals surface area contributed by atoms with Crippen molar-refractivity contribution in [3.05, 3.63) is 65.2 Å². The Kier molecular flexibility index (Phi) is 11.0. The smallest absolute Gasteiger partial charge is 0.408 e. The first kappa shape index (κ1) is 31.0. The van der Waals surface area contributed by atoms with Gasteiger partial charge in [-0.3, -0.25) is 9.59 Å². The number of aromatic hydroxyl groups is 1. The molecule has 40 heavy (non-hydrogen) atoms. The summed E-state index contributed by atoms with van der Waals surface area (Å²) >= 11 is 0. The fourth-order valence-electron chi connectivity index (χ4n) is 4.84. The molecule has 0 radical (unpaired) electrons. The number of nitrogens with zero attached hydrogens (tertiary/aromatic N) is 1. The zero-order valence-corrected chi connectivity index (χ0v) is 24.5. The molecule has 0 heterocycles. The average molecular weight is 552 g/mol. The molecule has 0 aliphatic heterocycles. The lowest BCUT2D eigenvalue weighted by molar-refractivity contribution is -0.147. The number of hydrogen-bond donors (Lipinski definition) is 3. The van der Waals surface area contributed by atoms with Crippen LogP contribution in [-0.2, 0) is 20.7 Å². The van der Waals surface area contributed by atoms with Gasteiger partial charge in [0.05, 0.1) is 0 Å². The lowest BCUT2D eigenvalue weighted by Crippen LogP contribution is -2.58. The number of carbonyl (C=O) groups is 3. The number of nitrogens with one attached hydrogen (secondary N) is 2. The van der Waals surface area contributed by atoms with Crippen LogP contribution < -0.4 is 10.6 Å². The standard InChI is InChI=1S/C32H45N3O5/c1-6-7-8-19-33-29(37)28(24-12-9-11-22(2)20-24)35(25-13-10-14-25)30(38)27(34-31(39)40-32(3,4)5)21-23-15-17-26(36)18-16-23/h9,11-12,15-18,20,25,27-28,36H,6-8,10,13-14,19,21H2,1-5H3,(H,33,37)(H,34,39). The van der Waals surface area contributed by atoms with Crippen LogP contribution >= 0.6 is 0 Å². The van der Waals surface area contributed by atoms with Crippen molar-refractivity contribution in [1.82, 2.24) is 15.5 Å². The molecule has 0 bridgehead atoms. The van der Waals surface area contributed by atoms with Crippen LogP contribution in [0.4, 0.5) is 4.79 Å². The number of aryl methyl sites for hydroxylation is 1. The van der Waals surface area contributed by atoms with Gasteiger partial charge in [0.1, 0.15) is 23.4 Å². The summed E-state index contributed by atoms with van der Waals surface area (Å²) in [7, 11) is 0. The van der Waals surface area contributed by atoms with Gasteiger partial charge in [0.15, 0.2) is 0 Å². The first-order valence-electron chi connectivity index (χ1n) is 14.4. The molecule has 1 aliphatic rings. The molecule has 8 nitrogen and oxygen atoms in total. The summed E-state index contributed by atoms with van der Waals surface area (Å²) in [5.41, 5.74) is 1.76. The van der Waals surface area contributed by atoms with E-state index in [1.807, 2.05) is 31.2 Å². The van der Waals surface area contributed by atoms with Crippen LogP contribution in [0.2, 0.25) is 0 Å². The molecule has 1 fully saturated rings. The zero-order valence-electron chi connectivity index (χ0n) is 24.5. The highest BCUT2D eigenvalue weighted by molar-refractivity contribution is 5.92. The number of benzene rings is 2. The van der Waals surface area contributed by atoms with Gasteiger partial charge in [0.25, 0.3) is 0 Å². The Labute approximate surface area is 238 Å². The molecule has 3 rings (SSSR count). The Balaban J connectivity index is 1.99. The van der Waals surface area contributed by atoms with Crippen molar-refractivity contribution < 1.29 is 24.2 Å². The molecule has 2 unspecified atom stereocenters. The number of hydrogen-bond acceptors (Lipinski definition) is 5. The summed E-state index contributed by atoms with van der Waals surface area (Å²) in [6, 6.07) is 12.3. The minimum atomic E-state index is -0.972. The minimum absolute atomic E-state index is 0.113. The van der Waals surface area contributed by atoms with E-state index in [0.717, 1.165) is 55.2 Å². The zero-order chi connectivity index (χ0) is 29.3. The number of phenolic OH excluding ortho intramolecular Hbond substituents is 1. The molecule has 0 aromatic heterocycles. The first-order chi connectivity index (χ1) is 19.0. The third-order valence-electron chi connectivity index (χ3n) is 7.05. The van der Waals surface area contributed by atoms with Gasteiger partial charge in [-0.15, -0.1) is 0 Å². The van der Waals surface area contributed by atoms with Crippen molar-refractivity contribution in [3.63, 3.8) is 0 Å². The highest BCUT2D eigenvalue weighted by Gasteiger charge is 2.42. The largest absolute Gasteiger partial charge is 0.508 e. The number of rotatable bonds is 12. The van der Waals surface area contributed by atoms with Crippen LogP contribution in [0.3, 0.4) is 0 Å². The third-order valence-corrected chi connectivity index (χ3v) is 7.05. The summed E-state index contributed by atoms with van der Waals surface area (Å²) in [6.45, 7) is 9.91. The van der Waals surface area contributed by atoms with Crippen molar-refractivity contribution in [1.29, 1.82) is 0 Å². The summed E-state index contributed by atoms with van der Waals surface area (Å²) in [6.07, 6.45) is 4.94. The number of carbonyl (C=O) groups excluding carboxylic acids is 3. The predicted octanol–water partition coefficient (Wildman–Crippen LogP) is 5.57. The van der Waals surface area contributed by atoms with E-state index in [4.69, 9.17) is 4.74 Å². The molecule has 1 aliphatic carbocycles. The molecule has 3 N–H and O–H groups in total. The van der Waals surface area contributed by atoms with Crippen LogP contribution in [0.25, 0.3) is 0 Å². The lowest BCUT2D eigenvalue weighted by atomic mass is 9.87. The minimum Gasteiger partial charge on any atom is -0.508 e. The van der Waals surface area contributed by atoms with E-state index in [-0.39, 0.29) is 30.0 Å². The fourth-order valence-corrected chi connectivity index (χ4v) is 4.84. The van der Waals surface area contributed by atoms with E-state index in [1.165, 1.54) is 0 Å². The van der Waals surface area contributed by atoms with Gasteiger partial charge in [-0.25, -0.2) is 4.79 Å². The highest BCUT2D eigenvalue weighted by Crippen LogP contribution is 2.34. The topological polar surface area (TPSA) is 108 Å². The molecule has 0 spiro atoms. The van der Waals surface area contributed by atoms with Crippen LogP contribution in [0.5, 0.6) is 5.75 Å². The Hall–Kier alpha value is -3.55. The second kappa shape index (κ2) is 14.2. The molecule has 1 saturated carbocycles. The predicted molar refractivity (Wildman–Crippen MR) is 156 cm³/mol. The van der Waals surface area contributed by atoms with Crippen molar-refractivity contribution in [3.8, 4) is 5.75 Å². The van der Waals surface area contributed by atoms with Crippen LogP contribution in [0.1, 0.15) is 89.0 Å². The third kappa shape index (κ3) is 9.00. The van der Waals surface area contributed by atoms with Gasteiger partial charge >= 0.3 is 6.09 Å². The molecule has 3 amide bonds. The summed E-state index contributed by atoms with van der Waals surface area (Å²) < 4.78 is 5.50. The average Bonchev–Trinajstić information content (AvgIpc) is 2.84. The van der Waals surface area contributed by atoms with Crippen molar-refractivity contribution in [2.75, 3.05) is 6.54 Å². The van der Waals surface area contributed by atoms with Crippen LogP contribution in [0, 0.1) is 6.92 Å². The normalized spacial score (nSPS) is 14.9. The molecular formula is C32H45N3O5. The van der Waals surface area contributed by atoms with Gasteiger partial charge in [0, 0.05) is 19.0 Å². The Bertz CT molecular complexity index is 1140. The maximum absolute atomic E-state index is 14.5. The molecule has 2 aromatic rings. The highest BCUT2D eigenvalue weighted by atomic mass is 16.6. The summed E-state index contributed by atoms with van der Waals surface area (Å²) in [5, 5.41) is 15.6. The monoisotopic (exact) mass is 551 g/mol. The van der Waals surface area contributed by atoms with Gasteiger partial charge in [-0.1, -0.05) is 61.7 Å². The van der Waals surface area contributed by atoms with E-state index in [0.29, 0.717) is 6.54 Å². The summed E-state index contributed by atoms with van der Waals surface area (Å²) in [4.78, 5) is 42.8. The van der Waals surface area contributed by atoms with Gasteiger partial charge in [0.2, 0.25) is 11.8 Å². The lowest BCUT2D eigenvalue weighted by Gasteiger charge is -2.43. The van der Waals surface area contributed by atoms with Crippen molar-refractivity contribution >= 4 is 17.9 Å². The molecule has 218 valence electrons. The Morgan fingerprint density at radius 2 is 1.77 bits per heavy atom. The number of alkyl carbamates (subject to hydrolysis) is 1. The van der Waals surface area contributed by atoms with E-state index in [9.17, 15) is 19.5 Å². The molecule has 0 saturated heterocycles. The molecule has 2 aromatic carbocycles. The second-order valence-electron chi connectivity index (χ2n) is 11.7. The second-order valence-corrected chi connectivity index (χ2v) is 11.7. The number of amides is 3. The fraction of sp³-hybridized carbons (Fsp3) is 0.531.